The summed E-state index contributed by atoms with van der Waals surface area (Å²) in [7, 11) is -3.66. The van der Waals surface area contributed by atoms with Crippen LogP contribution in [-0.4, -0.2) is 82.0 Å². The molecule has 4 aromatic rings. The number of ether oxygens (including phenoxy) is 2. The Labute approximate surface area is 245 Å². The highest BCUT2D eigenvalue weighted by Crippen LogP contribution is 2.37. The number of anilines is 3. The molecule has 15 heteroatoms. The molecule has 1 aliphatic heterocycles. The van der Waals surface area contributed by atoms with Gasteiger partial charge in [-0.3, -0.25) is 0 Å². The molecule has 3 aromatic carbocycles. The molecule has 0 spiro atoms. The summed E-state index contributed by atoms with van der Waals surface area (Å²) in [5.41, 5.74) is 13.1. The van der Waals surface area contributed by atoms with Crippen LogP contribution in [0.25, 0.3) is 10.9 Å². The number of rotatable bonds is 8. The Morgan fingerprint density at radius 2 is 1.56 bits per heavy atom. The maximum absolute atomic E-state index is 13.1. The lowest BCUT2D eigenvalue weighted by Crippen LogP contribution is -2.60. The number of aliphatic hydroxyl groups excluding tert-OH is 4. The topological polar surface area (TPSA) is 240 Å². The number of benzene rings is 3. The number of esters is 1. The number of aromatic nitrogens is 2. The molecule has 14 nitrogen and oxygen atoms in total. The van der Waals surface area contributed by atoms with Gasteiger partial charge in [-0.2, -0.15) is 4.98 Å². The molecule has 5 rings (SSSR count). The van der Waals surface area contributed by atoms with Gasteiger partial charge in [-0.25, -0.2) is 18.2 Å². The lowest BCUT2D eigenvalue weighted by Gasteiger charge is -2.36. The summed E-state index contributed by atoms with van der Waals surface area (Å²) in [5.74, 6) is -1.55. The first-order valence-electron chi connectivity index (χ1n) is 13.1. The summed E-state index contributed by atoms with van der Waals surface area (Å²) in [5, 5.41) is 43.1. The minimum atomic E-state index is -3.66. The van der Waals surface area contributed by atoms with E-state index in [4.69, 9.17) is 20.9 Å². The fourth-order valence-corrected chi connectivity index (χ4v) is 5.90. The van der Waals surface area contributed by atoms with Crippen molar-refractivity contribution in [1.29, 1.82) is 0 Å². The van der Waals surface area contributed by atoms with Crippen LogP contribution in [-0.2, 0) is 25.8 Å². The smallest absolute Gasteiger partial charge is 0.343 e. The van der Waals surface area contributed by atoms with Crippen LogP contribution in [0.3, 0.4) is 0 Å². The minimum Gasteiger partial charge on any atom is -0.421 e. The van der Waals surface area contributed by atoms with E-state index < -0.39 is 46.5 Å². The predicted molar refractivity (Wildman–Crippen MR) is 153 cm³/mol. The van der Waals surface area contributed by atoms with Gasteiger partial charge in [0.05, 0.1) is 26.4 Å². The Morgan fingerprint density at radius 1 is 0.884 bits per heavy atom. The van der Waals surface area contributed by atoms with Crippen LogP contribution in [0.15, 0.2) is 76.5 Å². The van der Waals surface area contributed by atoms with Gasteiger partial charge in [0, 0.05) is 6.54 Å². The number of hydrogen-bond donors (Lipinski definition) is 7. The molecule has 0 aliphatic carbocycles. The molecule has 0 bridgehead atoms. The molecule has 1 saturated heterocycles. The summed E-state index contributed by atoms with van der Waals surface area (Å²) >= 11 is 0. The number of hydrogen-bond acceptors (Lipinski definition) is 14. The van der Waals surface area contributed by atoms with Gasteiger partial charge in [0.15, 0.2) is 18.1 Å². The lowest BCUT2D eigenvalue weighted by molar-refractivity contribution is -0.279. The van der Waals surface area contributed by atoms with E-state index in [0.29, 0.717) is 13.0 Å². The van der Waals surface area contributed by atoms with Crippen molar-refractivity contribution in [2.24, 2.45) is 0 Å². The standard InChI is InChI=1S/C28H29N5O9S/c29-25-19-17(32-28(30)33-25)10-11-18(23(19)41-27(38)24-21(35)20(34)22(36)26(37)42-24)31-13-12-14-6-8-16(9-7-14)43(39,40)15-4-2-1-3-5-15/h1-11,20-22,24,26,31,34-37H,12-13H2,(H4,29,30,32,33). The molecule has 2 heterocycles. The first-order valence-corrected chi connectivity index (χ1v) is 14.5. The maximum Gasteiger partial charge on any atom is 0.343 e. The predicted octanol–water partition coefficient (Wildman–Crippen LogP) is -0.0131. The Hall–Kier alpha value is -4.38. The van der Waals surface area contributed by atoms with E-state index in [9.17, 15) is 33.6 Å². The number of carbonyl (C=O) groups excluding carboxylic acids is 1. The molecular formula is C28H29N5O9S. The van der Waals surface area contributed by atoms with Crippen LogP contribution >= 0.6 is 0 Å². The number of fused-ring (bicyclic) bond motifs is 1. The molecule has 5 atom stereocenters. The number of nitrogens with one attached hydrogen (secondary N) is 1. The third-order valence-electron chi connectivity index (χ3n) is 6.90. The minimum absolute atomic E-state index is 0.107. The number of nitrogens with two attached hydrogens (primary N) is 2. The van der Waals surface area contributed by atoms with Crippen molar-refractivity contribution >= 4 is 44.2 Å². The van der Waals surface area contributed by atoms with Crippen molar-refractivity contribution in [3.05, 3.63) is 72.3 Å². The van der Waals surface area contributed by atoms with Gasteiger partial charge in [0.2, 0.25) is 15.8 Å². The van der Waals surface area contributed by atoms with Gasteiger partial charge < -0.3 is 46.7 Å². The monoisotopic (exact) mass is 611 g/mol. The van der Waals surface area contributed by atoms with Crippen molar-refractivity contribution in [1.82, 2.24) is 9.97 Å². The van der Waals surface area contributed by atoms with Crippen LogP contribution in [0.1, 0.15) is 5.56 Å². The molecule has 1 fully saturated rings. The zero-order chi connectivity index (χ0) is 30.9. The highest BCUT2D eigenvalue weighted by molar-refractivity contribution is 7.91. The number of carbonyl (C=O) groups is 1. The lowest BCUT2D eigenvalue weighted by atomic mass is 9.99. The second-order valence-corrected chi connectivity index (χ2v) is 11.7. The first kappa shape index (κ1) is 30.1. The van der Waals surface area contributed by atoms with Gasteiger partial charge >= 0.3 is 5.97 Å². The van der Waals surface area contributed by atoms with Crippen LogP contribution in [0.5, 0.6) is 5.75 Å². The third kappa shape index (κ3) is 6.08. The Kier molecular flexibility index (Phi) is 8.45. The molecule has 0 radical (unpaired) electrons. The third-order valence-corrected chi connectivity index (χ3v) is 8.69. The number of nitrogen functional groups attached to an aromatic ring is 2. The highest BCUT2D eigenvalue weighted by atomic mass is 32.2. The van der Waals surface area contributed by atoms with E-state index in [1.54, 1.807) is 42.5 Å². The van der Waals surface area contributed by atoms with Gasteiger partial charge in [-0.05, 0) is 48.4 Å². The van der Waals surface area contributed by atoms with E-state index in [1.165, 1.54) is 24.3 Å². The van der Waals surface area contributed by atoms with Crippen LogP contribution in [0.2, 0.25) is 0 Å². The van der Waals surface area contributed by atoms with E-state index in [2.05, 4.69) is 15.3 Å². The molecule has 226 valence electrons. The van der Waals surface area contributed by atoms with Crippen molar-refractivity contribution < 1.29 is 43.1 Å². The molecule has 1 aromatic heterocycles. The molecule has 0 amide bonds. The Balaban J connectivity index is 1.36. The van der Waals surface area contributed by atoms with Gasteiger partial charge in [-0.15, -0.1) is 0 Å². The largest absolute Gasteiger partial charge is 0.421 e. The Morgan fingerprint density at radius 3 is 2.26 bits per heavy atom. The average Bonchev–Trinajstić information content (AvgIpc) is 2.99. The normalized spacial score (nSPS) is 22.3. The van der Waals surface area contributed by atoms with Crippen molar-refractivity contribution in [2.75, 3.05) is 23.3 Å². The molecule has 43 heavy (non-hydrogen) atoms. The Bertz CT molecular complexity index is 1740. The second kappa shape index (κ2) is 12.1. The van der Waals surface area contributed by atoms with E-state index in [1.807, 2.05) is 0 Å². The number of sulfone groups is 1. The van der Waals surface area contributed by atoms with Gasteiger partial charge in [0.25, 0.3) is 0 Å². The van der Waals surface area contributed by atoms with Crippen LogP contribution in [0, 0.1) is 0 Å². The summed E-state index contributed by atoms with van der Waals surface area (Å²) in [6.07, 6.45) is -9.00. The first-order chi connectivity index (χ1) is 20.5. The van der Waals surface area contributed by atoms with Crippen LogP contribution in [0.4, 0.5) is 17.5 Å². The summed E-state index contributed by atoms with van der Waals surface area (Å²) in [6.45, 7) is 0.294. The highest BCUT2D eigenvalue weighted by Gasteiger charge is 2.47. The second-order valence-electron chi connectivity index (χ2n) is 9.78. The van der Waals surface area contributed by atoms with Crippen molar-refractivity contribution in [3.8, 4) is 5.75 Å². The zero-order valence-electron chi connectivity index (χ0n) is 22.4. The summed E-state index contributed by atoms with van der Waals surface area (Å²) in [4.78, 5) is 21.5. The molecule has 0 saturated carbocycles. The van der Waals surface area contributed by atoms with E-state index >= 15 is 0 Å². The van der Waals surface area contributed by atoms with Crippen molar-refractivity contribution in [2.45, 2.75) is 46.9 Å². The summed E-state index contributed by atoms with van der Waals surface area (Å²) in [6, 6.07) is 17.7. The number of nitrogens with zero attached hydrogens (tertiary/aromatic N) is 2. The molecule has 5 unspecified atom stereocenters. The van der Waals surface area contributed by atoms with E-state index in [-0.39, 0.29) is 43.9 Å². The van der Waals surface area contributed by atoms with E-state index in [0.717, 1.165) is 5.56 Å². The number of aliphatic hydroxyl groups is 4. The fraction of sp³-hybridized carbons (Fsp3) is 0.250. The van der Waals surface area contributed by atoms with Crippen molar-refractivity contribution in [3.63, 3.8) is 0 Å². The molecular weight excluding hydrogens is 582 g/mol. The molecule has 1 aliphatic rings. The van der Waals surface area contributed by atoms with Gasteiger partial charge in [-0.1, -0.05) is 30.3 Å². The average molecular weight is 612 g/mol. The summed E-state index contributed by atoms with van der Waals surface area (Å²) < 4.78 is 36.3. The quantitative estimate of drug-likeness (QED) is 0.102. The fourth-order valence-electron chi connectivity index (χ4n) is 4.61. The van der Waals surface area contributed by atoms with Crippen LogP contribution < -0.4 is 21.5 Å². The van der Waals surface area contributed by atoms with Gasteiger partial charge in [0.1, 0.15) is 24.1 Å². The maximum atomic E-state index is 13.1. The zero-order valence-corrected chi connectivity index (χ0v) is 23.3. The SMILES string of the molecule is Nc1nc(N)c2c(OC(=O)C3OC(O)C(O)C(O)C3O)c(NCCc3ccc(S(=O)(=O)c4ccccc4)cc3)ccc2n1. The molecule has 9 N–H and O–H groups in total.